The molecule has 120 valence electrons. The Morgan fingerprint density at radius 3 is 2.35 bits per heavy atom. The molecule has 3 aromatic rings. The van der Waals surface area contributed by atoms with Crippen molar-refractivity contribution in [3.8, 4) is 0 Å². The highest BCUT2D eigenvalue weighted by Crippen LogP contribution is 2.20. The van der Waals surface area contributed by atoms with Crippen LogP contribution in [-0.4, -0.2) is 19.2 Å². The summed E-state index contributed by atoms with van der Waals surface area (Å²) in [4.78, 5) is 17.0. The lowest BCUT2D eigenvalue weighted by molar-refractivity contribution is 0.556. The predicted octanol–water partition coefficient (Wildman–Crippen LogP) is 2.80. The molecule has 23 heavy (non-hydrogen) atoms. The monoisotopic (exact) mass is 310 g/mol. The lowest BCUT2D eigenvalue weighted by Crippen LogP contribution is -2.28. The first-order valence-corrected chi connectivity index (χ1v) is 7.92. The van der Waals surface area contributed by atoms with Gasteiger partial charge in [-0.1, -0.05) is 52.0 Å². The number of nitrogens with zero attached hydrogens (tertiary/aromatic N) is 4. The first-order chi connectivity index (χ1) is 10.9. The number of aryl methyl sites for hydroxylation is 1. The van der Waals surface area contributed by atoms with Gasteiger partial charge in [0.05, 0.1) is 12.2 Å². The number of benzene rings is 1. The average Bonchev–Trinajstić information content (AvgIpc) is 2.96. The second kappa shape index (κ2) is 5.65. The van der Waals surface area contributed by atoms with Crippen molar-refractivity contribution in [2.45, 2.75) is 46.1 Å². The van der Waals surface area contributed by atoms with Crippen LogP contribution in [0.15, 0.2) is 41.5 Å². The normalized spacial score (nSPS) is 12.0. The van der Waals surface area contributed by atoms with E-state index in [4.69, 9.17) is 0 Å². The Labute approximate surface area is 135 Å². The number of rotatable bonds is 3. The fourth-order valence-electron chi connectivity index (χ4n) is 2.46. The average molecular weight is 310 g/mol. The fourth-order valence-corrected chi connectivity index (χ4v) is 2.46. The van der Waals surface area contributed by atoms with Crippen LogP contribution >= 0.6 is 0 Å². The molecule has 3 rings (SSSR count). The summed E-state index contributed by atoms with van der Waals surface area (Å²) in [6.45, 7) is 8.84. The zero-order valence-corrected chi connectivity index (χ0v) is 14.1. The molecular weight excluding hydrogens is 288 g/mol. The molecule has 0 unspecified atom stereocenters. The van der Waals surface area contributed by atoms with Crippen LogP contribution in [0.1, 0.15) is 44.5 Å². The highest BCUT2D eigenvalue weighted by molar-refractivity contribution is 5.39. The molecule has 1 aromatic carbocycles. The summed E-state index contributed by atoms with van der Waals surface area (Å²) in [5, 5.41) is 4.43. The van der Waals surface area contributed by atoms with Gasteiger partial charge < -0.3 is 0 Å². The zero-order valence-electron chi connectivity index (χ0n) is 14.1. The third-order valence-electron chi connectivity index (χ3n) is 4.00. The molecule has 0 aliphatic rings. The summed E-state index contributed by atoms with van der Waals surface area (Å²) in [7, 11) is 0. The van der Waals surface area contributed by atoms with Crippen LogP contribution in [0, 0.1) is 0 Å². The Bertz CT molecular complexity index is 882. The van der Waals surface area contributed by atoms with E-state index in [9.17, 15) is 4.79 Å². The Hall–Kier alpha value is -2.43. The van der Waals surface area contributed by atoms with Gasteiger partial charge in [0.15, 0.2) is 5.65 Å². The Morgan fingerprint density at radius 2 is 1.74 bits per heavy atom. The van der Waals surface area contributed by atoms with E-state index in [1.807, 2.05) is 6.07 Å². The van der Waals surface area contributed by atoms with Gasteiger partial charge in [-0.15, -0.1) is 0 Å². The van der Waals surface area contributed by atoms with Crippen molar-refractivity contribution in [3.63, 3.8) is 0 Å². The Kier molecular flexibility index (Phi) is 3.80. The molecule has 5 heteroatoms. The van der Waals surface area contributed by atoms with Crippen molar-refractivity contribution >= 4 is 5.65 Å². The second-order valence-electron chi connectivity index (χ2n) is 6.87. The van der Waals surface area contributed by atoms with Crippen LogP contribution in [0.2, 0.25) is 0 Å². The topological polar surface area (TPSA) is 52.2 Å². The number of hydrogen-bond acceptors (Lipinski definition) is 3. The molecular formula is C18H22N4O. The molecule has 0 saturated carbocycles. The van der Waals surface area contributed by atoms with Crippen LogP contribution < -0.4 is 5.69 Å². The summed E-state index contributed by atoms with van der Waals surface area (Å²) in [6.07, 6.45) is 2.61. The third kappa shape index (κ3) is 3.04. The molecule has 2 aromatic heterocycles. The molecule has 0 aliphatic carbocycles. The van der Waals surface area contributed by atoms with E-state index in [2.05, 4.69) is 62.0 Å². The molecule has 0 atom stereocenters. The van der Waals surface area contributed by atoms with Crippen molar-refractivity contribution in [1.29, 1.82) is 0 Å². The van der Waals surface area contributed by atoms with Gasteiger partial charge in [0.25, 0.3) is 0 Å². The van der Waals surface area contributed by atoms with Gasteiger partial charge in [-0.3, -0.25) is 4.57 Å². The van der Waals surface area contributed by atoms with Crippen molar-refractivity contribution in [3.05, 3.63) is 64.0 Å². The maximum Gasteiger partial charge on any atom is 0.352 e. The summed E-state index contributed by atoms with van der Waals surface area (Å²) in [5.41, 5.74) is 3.56. The van der Waals surface area contributed by atoms with E-state index >= 15 is 0 Å². The number of aromatic nitrogens is 4. The van der Waals surface area contributed by atoms with Gasteiger partial charge in [-0.2, -0.15) is 9.61 Å². The molecule has 5 nitrogen and oxygen atoms in total. The minimum atomic E-state index is -0.162. The van der Waals surface area contributed by atoms with E-state index < -0.39 is 0 Å². The van der Waals surface area contributed by atoms with Crippen LogP contribution in [0.5, 0.6) is 0 Å². The largest absolute Gasteiger partial charge is 0.352 e. The molecule has 2 heterocycles. The molecule has 0 fully saturated rings. The number of hydrogen-bond donors (Lipinski definition) is 0. The molecule has 0 radical (unpaired) electrons. The standard InChI is InChI=1S/C18H22N4O/c1-5-13-6-8-14(9-7-13)11-21-12-19-16-10-15(18(2,3)4)20-22(16)17(21)23/h6-10,12H,5,11H2,1-4H3. The predicted molar refractivity (Wildman–Crippen MR) is 90.9 cm³/mol. The number of fused-ring (bicyclic) bond motifs is 1. The molecule has 0 saturated heterocycles. The maximum atomic E-state index is 12.6. The highest BCUT2D eigenvalue weighted by Gasteiger charge is 2.19. The zero-order chi connectivity index (χ0) is 16.6. The SMILES string of the molecule is CCc1ccc(Cn2cnc3cc(C(C)(C)C)nn3c2=O)cc1. The second-order valence-corrected chi connectivity index (χ2v) is 6.87. The smallest absolute Gasteiger partial charge is 0.278 e. The van der Waals surface area contributed by atoms with Gasteiger partial charge >= 0.3 is 5.69 Å². The lowest BCUT2D eigenvalue weighted by atomic mass is 9.93. The lowest BCUT2D eigenvalue weighted by Gasteiger charge is -2.13. The third-order valence-corrected chi connectivity index (χ3v) is 4.00. The summed E-state index contributed by atoms with van der Waals surface area (Å²) in [5.74, 6) is 0. The minimum absolute atomic E-state index is 0.110. The van der Waals surface area contributed by atoms with E-state index in [0.717, 1.165) is 17.7 Å². The molecule has 0 aliphatic heterocycles. The molecule has 0 spiro atoms. The summed E-state index contributed by atoms with van der Waals surface area (Å²) < 4.78 is 2.98. The van der Waals surface area contributed by atoms with Crippen molar-refractivity contribution in [2.24, 2.45) is 0 Å². The van der Waals surface area contributed by atoms with Gasteiger partial charge in [0, 0.05) is 11.5 Å². The van der Waals surface area contributed by atoms with Gasteiger partial charge in [-0.05, 0) is 17.5 Å². The molecule has 0 amide bonds. The fraction of sp³-hybridized carbons (Fsp3) is 0.389. The van der Waals surface area contributed by atoms with Crippen molar-refractivity contribution in [2.75, 3.05) is 0 Å². The van der Waals surface area contributed by atoms with Crippen molar-refractivity contribution in [1.82, 2.24) is 19.2 Å². The van der Waals surface area contributed by atoms with Crippen LogP contribution in [-0.2, 0) is 18.4 Å². The van der Waals surface area contributed by atoms with Crippen LogP contribution in [0.3, 0.4) is 0 Å². The Balaban J connectivity index is 1.98. The van der Waals surface area contributed by atoms with Gasteiger partial charge in [0.1, 0.15) is 6.33 Å². The maximum absolute atomic E-state index is 12.6. The van der Waals surface area contributed by atoms with Crippen LogP contribution in [0.25, 0.3) is 5.65 Å². The highest BCUT2D eigenvalue weighted by atomic mass is 16.2. The first-order valence-electron chi connectivity index (χ1n) is 7.92. The quantitative estimate of drug-likeness (QED) is 0.747. The first kappa shape index (κ1) is 15.5. The van der Waals surface area contributed by atoms with Crippen molar-refractivity contribution < 1.29 is 0 Å². The Morgan fingerprint density at radius 1 is 1.09 bits per heavy atom. The van der Waals surface area contributed by atoms with Gasteiger partial charge in [-0.25, -0.2) is 9.78 Å². The van der Waals surface area contributed by atoms with E-state index in [0.29, 0.717) is 12.2 Å². The summed E-state index contributed by atoms with van der Waals surface area (Å²) >= 11 is 0. The molecule has 0 N–H and O–H groups in total. The van der Waals surface area contributed by atoms with E-state index in [-0.39, 0.29) is 11.1 Å². The van der Waals surface area contributed by atoms with E-state index in [1.54, 1.807) is 10.9 Å². The van der Waals surface area contributed by atoms with Gasteiger partial charge in [0.2, 0.25) is 0 Å². The molecule has 0 bridgehead atoms. The minimum Gasteiger partial charge on any atom is -0.278 e. The van der Waals surface area contributed by atoms with Crippen LogP contribution in [0.4, 0.5) is 0 Å². The summed E-state index contributed by atoms with van der Waals surface area (Å²) in [6, 6.07) is 10.2. The van der Waals surface area contributed by atoms with E-state index in [1.165, 1.54) is 10.1 Å².